The van der Waals surface area contributed by atoms with Gasteiger partial charge in [-0.3, -0.25) is 0 Å². The molecule has 0 aliphatic heterocycles. The summed E-state index contributed by atoms with van der Waals surface area (Å²) < 4.78 is 6.45. The number of aryl methyl sites for hydroxylation is 2. The maximum atomic E-state index is 11.9. The molecule has 0 amide bonds. The molecule has 0 radical (unpaired) electrons. The normalized spacial score (nSPS) is 9.65. The Labute approximate surface area is 119 Å². The Morgan fingerprint density at radius 1 is 1.25 bits per heavy atom. The lowest BCUT2D eigenvalue weighted by Gasteiger charge is -2.04. The first-order chi connectivity index (χ1) is 9.63. The fourth-order valence-electron chi connectivity index (χ4n) is 1.69. The van der Waals surface area contributed by atoms with Crippen LogP contribution in [0.3, 0.4) is 0 Å². The van der Waals surface area contributed by atoms with E-state index in [2.05, 4.69) is 10.3 Å². The van der Waals surface area contributed by atoms with Crippen molar-refractivity contribution in [1.29, 1.82) is 0 Å². The van der Waals surface area contributed by atoms with Crippen LogP contribution in [0, 0.1) is 6.92 Å². The number of aromatic nitrogens is 3. The second kappa shape index (κ2) is 7.43. The van der Waals surface area contributed by atoms with Crippen molar-refractivity contribution in [2.45, 2.75) is 27.7 Å². The average molecular weight is 275 g/mol. The fraction of sp³-hybridized carbons (Fsp3) is 0.400. The number of rotatable bonds is 3. The van der Waals surface area contributed by atoms with Gasteiger partial charge in [-0.15, -0.1) is 5.10 Å². The molecule has 0 saturated heterocycles. The van der Waals surface area contributed by atoms with Gasteiger partial charge >= 0.3 is 5.97 Å². The molecule has 0 aliphatic carbocycles. The summed E-state index contributed by atoms with van der Waals surface area (Å²) in [7, 11) is 1.68. The van der Waals surface area contributed by atoms with Crippen LogP contribution in [0.25, 0.3) is 11.3 Å². The van der Waals surface area contributed by atoms with Crippen molar-refractivity contribution >= 4 is 5.97 Å². The molecule has 0 spiro atoms. The fourth-order valence-corrected chi connectivity index (χ4v) is 1.69. The number of benzene rings is 1. The zero-order valence-corrected chi connectivity index (χ0v) is 12.7. The van der Waals surface area contributed by atoms with Crippen molar-refractivity contribution < 1.29 is 9.53 Å². The summed E-state index contributed by atoms with van der Waals surface area (Å²) in [5, 5.41) is 7.92. The first kappa shape index (κ1) is 15.9. The van der Waals surface area contributed by atoms with Crippen LogP contribution >= 0.6 is 0 Å². The molecule has 5 nitrogen and oxygen atoms in total. The van der Waals surface area contributed by atoms with E-state index in [1.165, 1.54) is 4.68 Å². The van der Waals surface area contributed by atoms with Gasteiger partial charge in [0.15, 0.2) is 5.69 Å². The summed E-state index contributed by atoms with van der Waals surface area (Å²) in [6.45, 7) is 8.11. The van der Waals surface area contributed by atoms with Crippen LogP contribution in [0.15, 0.2) is 24.3 Å². The highest BCUT2D eigenvalue weighted by Crippen LogP contribution is 2.21. The highest BCUT2D eigenvalue weighted by Gasteiger charge is 2.20. The van der Waals surface area contributed by atoms with Crippen molar-refractivity contribution in [3.63, 3.8) is 0 Å². The average Bonchev–Trinajstić information content (AvgIpc) is 2.84. The molecular formula is C15H21N3O2. The van der Waals surface area contributed by atoms with Gasteiger partial charge in [-0.05, 0) is 13.8 Å². The van der Waals surface area contributed by atoms with Gasteiger partial charge in [0.05, 0.1) is 6.61 Å². The number of carbonyl (C=O) groups is 1. The topological polar surface area (TPSA) is 57.0 Å². The zero-order chi connectivity index (χ0) is 15.1. The summed E-state index contributed by atoms with van der Waals surface area (Å²) in [5.74, 6) is -0.402. The predicted octanol–water partition coefficient (Wildman–Crippen LogP) is 2.99. The minimum absolute atomic E-state index is 0.331. The first-order valence-electron chi connectivity index (χ1n) is 6.77. The van der Waals surface area contributed by atoms with Gasteiger partial charge in [0, 0.05) is 12.6 Å². The number of carbonyl (C=O) groups excluding carboxylic acids is 1. The first-order valence-corrected chi connectivity index (χ1v) is 6.77. The lowest BCUT2D eigenvalue weighted by atomic mass is 10.1. The van der Waals surface area contributed by atoms with Gasteiger partial charge in [-0.25, -0.2) is 9.48 Å². The van der Waals surface area contributed by atoms with E-state index < -0.39 is 5.97 Å². The SMILES string of the molecule is CC.CCOC(=O)c1c(-c2ccc(C)cc2)nnn1C. The van der Waals surface area contributed by atoms with Crippen molar-refractivity contribution in [1.82, 2.24) is 15.0 Å². The molecule has 0 unspecified atom stereocenters. The summed E-state index contributed by atoms with van der Waals surface area (Å²) in [4.78, 5) is 11.9. The Bertz CT molecular complexity index is 559. The summed E-state index contributed by atoms with van der Waals surface area (Å²) in [6.07, 6.45) is 0. The quantitative estimate of drug-likeness (QED) is 0.808. The maximum absolute atomic E-state index is 11.9. The molecule has 1 heterocycles. The largest absolute Gasteiger partial charge is 0.461 e. The van der Waals surface area contributed by atoms with Crippen LogP contribution in [0.1, 0.15) is 36.8 Å². The Hall–Kier alpha value is -2.17. The second-order valence-electron chi connectivity index (χ2n) is 4.00. The van der Waals surface area contributed by atoms with E-state index in [1.807, 2.05) is 45.0 Å². The van der Waals surface area contributed by atoms with Crippen molar-refractivity contribution in [2.75, 3.05) is 6.61 Å². The molecule has 0 aliphatic rings. The van der Waals surface area contributed by atoms with Crippen molar-refractivity contribution in [3.8, 4) is 11.3 Å². The van der Waals surface area contributed by atoms with Crippen LogP contribution in [-0.4, -0.2) is 27.6 Å². The van der Waals surface area contributed by atoms with E-state index in [0.717, 1.165) is 11.1 Å². The summed E-state index contributed by atoms with van der Waals surface area (Å²) >= 11 is 0. The van der Waals surface area contributed by atoms with Crippen molar-refractivity contribution in [3.05, 3.63) is 35.5 Å². The minimum atomic E-state index is -0.402. The third-order valence-corrected chi connectivity index (χ3v) is 2.62. The smallest absolute Gasteiger partial charge is 0.358 e. The molecule has 0 N–H and O–H groups in total. The van der Waals surface area contributed by atoms with E-state index in [-0.39, 0.29) is 0 Å². The Morgan fingerprint density at radius 2 is 1.85 bits per heavy atom. The van der Waals surface area contributed by atoms with E-state index in [1.54, 1.807) is 14.0 Å². The van der Waals surface area contributed by atoms with Gasteiger partial charge in [0.1, 0.15) is 5.69 Å². The van der Waals surface area contributed by atoms with Gasteiger partial charge < -0.3 is 4.74 Å². The number of hydrogen-bond donors (Lipinski definition) is 0. The number of esters is 1. The highest BCUT2D eigenvalue weighted by molar-refractivity contribution is 5.94. The monoisotopic (exact) mass is 275 g/mol. The molecule has 2 aromatic rings. The van der Waals surface area contributed by atoms with Crippen molar-refractivity contribution in [2.24, 2.45) is 7.05 Å². The molecule has 0 fully saturated rings. The van der Waals surface area contributed by atoms with Crippen LogP contribution in [0.5, 0.6) is 0 Å². The van der Waals surface area contributed by atoms with Crippen LogP contribution in [-0.2, 0) is 11.8 Å². The summed E-state index contributed by atoms with van der Waals surface area (Å²) in [5.41, 5.74) is 2.94. The molecule has 108 valence electrons. The molecule has 20 heavy (non-hydrogen) atoms. The number of hydrogen-bond acceptors (Lipinski definition) is 4. The van der Waals surface area contributed by atoms with E-state index in [9.17, 15) is 4.79 Å². The van der Waals surface area contributed by atoms with E-state index in [0.29, 0.717) is 18.0 Å². The lowest BCUT2D eigenvalue weighted by molar-refractivity contribution is 0.0514. The Kier molecular flexibility index (Phi) is 5.90. The molecule has 5 heteroatoms. The zero-order valence-electron chi connectivity index (χ0n) is 12.7. The third-order valence-electron chi connectivity index (χ3n) is 2.62. The molecule has 0 bridgehead atoms. The predicted molar refractivity (Wildman–Crippen MR) is 78.5 cm³/mol. The molecule has 2 rings (SSSR count). The van der Waals surface area contributed by atoms with E-state index >= 15 is 0 Å². The summed E-state index contributed by atoms with van der Waals surface area (Å²) in [6, 6.07) is 7.78. The van der Waals surface area contributed by atoms with Gasteiger partial charge in [-0.1, -0.05) is 48.9 Å². The van der Waals surface area contributed by atoms with Crippen LogP contribution in [0.4, 0.5) is 0 Å². The minimum Gasteiger partial charge on any atom is -0.461 e. The molecule has 1 aromatic carbocycles. The standard InChI is InChI=1S/C13H15N3O2.C2H6/c1-4-18-13(17)12-11(14-15-16(12)3)10-7-5-9(2)6-8-10;1-2/h5-8H,4H2,1-3H3;1-2H3. The molecule has 0 atom stereocenters. The molecule has 1 aromatic heterocycles. The number of nitrogens with zero attached hydrogens (tertiary/aromatic N) is 3. The van der Waals surface area contributed by atoms with E-state index in [4.69, 9.17) is 4.74 Å². The van der Waals surface area contributed by atoms with Gasteiger partial charge in [0.25, 0.3) is 0 Å². The van der Waals surface area contributed by atoms with Crippen LogP contribution in [0.2, 0.25) is 0 Å². The molecular weight excluding hydrogens is 254 g/mol. The van der Waals surface area contributed by atoms with Gasteiger partial charge in [0.2, 0.25) is 0 Å². The lowest BCUT2D eigenvalue weighted by Crippen LogP contribution is -2.11. The maximum Gasteiger partial charge on any atom is 0.358 e. The number of ether oxygens (including phenoxy) is 1. The Balaban J connectivity index is 0.000000956. The Morgan fingerprint density at radius 3 is 2.40 bits per heavy atom. The highest BCUT2D eigenvalue weighted by atomic mass is 16.5. The van der Waals surface area contributed by atoms with Crippen LogP contribution < -0.4 is 0 Å². The second-order valence-corrected chi connectivity index (χ2v) is 4.00. The molecule has 0 saturated carbocycles. The third kappa shape index (κ3) is 3.44. The van der Waals surface area contributed by atoms with Gasteiger partial charge in [-0.2, -0.15) is 0 Å².